The Bertz CT molecular complexity index is 1300. The summed E-state index contributed by atoms with van der Waals surface area (Å²) in [7, 11) is 1.50. The standard InChI is InChI=1S/C24H19ClN4O6/c1-35-18-7-5-17(6-8-18)28-22(30)12-21(24(28)32)27(14-15-3-2-10-26-13-15)23(31)16-4-9-19(25)20(11-16)29(33)34/h2-11,13,21H,12,14H2,1H3. The van der Waals surface area contributed by atoms with E-state index in [9.17, 15) is 24.5 Å². The van der Waals surface area contributed by atoms with Crippen molar-refractivity contribution < 1.29 is 24.0 Å². The molecule has 4 rings (SSSR count). The number of nitro groups is 1. The largest absolute Gasteiger partial charge is 0.497 e. The number of ether oxygens (including phenoxy) is 1. The van der Waals surface area contributed by atoms with Crippen molar-refractivity contribution in [3.05, 3.63) is 93.3 Å². The molecule has 1 aliphatic rings. The van der Waals surface area contributed by atoms with Crippen LogP contribution in [0.5, 0.6) is 5.75 Å². The number of benzene rings is 2. The number of carbonyl (C=O) groups excluding carboxylic acids is 3. The molecule has 1 aromatic heterocycles. The Labute approximate surface area is 204 Å². The Morgan fingerprint density at radius 3 is 2.60 bits per heavy atom. The van der Waals surface area contributed by atoms with E-state index in [2.05, 4.69) is 4.98 Å². The zero-order valence-electron chi connectivity index (χ0n) is 18.5. The number of nitrogens with zero attached hydrogens (tertiary/aromatic N) is 4. The van der Waals surface area contributed by atoms with E-state index >= 15 is 0 Å². The van der Waals surface area contributed by atoms with E-state index < -0.39 is 34.4 Å². The van der Waals surface area contributed by atoms with Crippen molar-refractivity contribution >= 4 is 40.7 Å². The summed E-state index contributed by atoms with van der Waals surface area (Å²) in [6.07, 6.45) is 2.85. The monoisotopic (exact) mass is 494 g/mol. The molecule has 1 aliphatic heterocycles. The third-order valence-corrected chi connectivity index (χ3v) is 5.88. The number of aromatic nitrogens is 1. The van der Waals surface area contributed by atoms with Gasteiger partial charge >= 0.3 is 0 Å². The van der Waals surface area contributed by atoms with Gasteiger partial charge in [0.1, 0.15) is 16.8 Å². The van der Waals surface area contributed by atoms with Crippen LogP contribution in [0.2, 0.25) is 5.02 Å². The number of nitro benzene ring substituents is 1. The van der Waals surface area contributed by atoms with Gasteiger partial charge in [-0.3, -0.25) is 29.5 Å². The van der Waals surface area contributed by atoms with E-state index in [0.29, 0.717) is 17.0 Å². The third-order valence-electron chi connectivity index (χ3n) is 5.56. The molecule has 0 N–H and O–H groups in total. The van der Waals surface area contributed by atoms with Crippen LogP contribution in [0.15, 0.2) is 67.0 Å². The molecule has 2 aromatic carbocycles. The quantitative estimate of drug-likeness (QED) is 0.279. The molecule has 1 fully saturated rings. The SMILES string of the molecule is COc1ccc(N2C(=O)CC(N(Cc3cccnc3)C(=O)c3ccc(Cl)c([N+](=O)[O-])c3)C2=O)cc1. The average Bonchev–Trinajstić information content (AvgIpc) is 3.16. The van der Waals surface area contributed by atoms with Gasteiger partial charge in [-0.1, -0.05) is 17.7 Å². The predicted molar refractivity (Wildman–Crippen MR) is 126 cm³/mol. The number of amides is 3. The number of imide groups is 1. The van der Waals surface area contributed by atoms with E-state index in [4.69, 9.17) is 16.3 Å². The number of rotatable bonds is 7. The van der Waals surface area contributed by atoms with Gasteiger partial charge in [0.25, 0.3) is 17.5 Å². The van der Waals surface area contributed by atoms with Crippen molar-refractivity contribution in [1.82, 2.24) is 9.88 Å². The Hall–Kier alpha value is -4.31. The van der Waals surface area contributed by atoms with Gasteiger partial charge in [0.05, 0.1) is 24.1 Å². The van der Waals surface area contributed by atoms with Crippen LogP contribution in [0.25, 0.3) is 0 Å². The first-order chi connectivity index (χ1) is 16.8. The van der Waals surface area contributed by atoms with E-state index in [-0.39, 0.29) is 23.6 Å². The number of pyridine rings is 1. The lowest BCUT2D eigenvalue weighted by atomic mass is 10.1. The summed E-state index contributed by atoms with van der Waals surface area (Å²) < 4.78 is 5.12. The number of carbonyl (C=O) groups is 3. The zero-order chi connectivity index (χ0) is 25.1. The minimum Gasteiger partial charge on any atom is -0.497 e. The predicted octanol–water partition coefficient (Wildman–Crippen LogP) is 3.63. The second kappa shape index (κ2) is 9.90. The second-order valence-corrected chi connectivity index (χ2v) is 8.11. The summed E-state index contributed by atoms with van der Waals surface area (Å²) in [6, 6.07) is 12.3. The molecular weight excluding hydrogens is 476 g/mol. The van der Waals surface area contributed by atoms with Gasteiger partial charge in [-0.15, -0.1) is 0 Å². The smallest absolute Gasteiger partial charge is 0.288 e. The summed E-state index contributed by atoms with van der Waals surface area (Å²) in [5.74, 6) is -1.16. The second-order valence-electron chi connectivity index (χ2n) is 7.70. The fourth-order valence-corrected chi connectivity index (χ4v) is 4.01. The van der Waals surface area contributed by atoms with Crippen molar-refractivity contribution in [2.24, 2.45) is 0 Å². The first kappa shape index (κ1) is 23.8. The van der Waals surface area contributed by atoms with Gasteiger partial charge < -0.3 is 9.64 Å². The highest BCUT2D eigenvalue weighted by Gasteiger charge is 2.44. The maximum atomic E-state index is 13.5. The Kier molecular flexibility index (Phi) is 6.74. The molecule has 0 saturated carbocycles. The van der Waals surface area contributed by atoms with E-state index in [1.165, 1.54) is 30.3 Å². The summed E-state index contributed by atoms with van der Waals surface area (Å²) in [6.45, 7) is -0.0385. The number of anilines is 1. The van der Waals surface area contributed by atoms with E-state index in [1.807, 2.05) is 0 Å². The Balaban J connectivity index is 1.70. The number of methoxy groups -OCH3 is 1. The number of halogens is 1. The van der Waals surface area contributed by atoms with Crippen molar-refractivity contribution in [2.45, 2.75) is 19.0 Å². The fourth-order valence-electron chi connectivity index (χ4n) is 3.83. The van der Waals surface area contributed by atoms with Crippen molar-refractivity contribution in [2.75, 3.05) is 12.0 Å². The topological polar surface area (TPSA) is 123 Å². The molecule has 0 radical (unpaired) electrons. The molecule has 11 heteroatoms. The Morgan fingerprint density at radius 1 is 1.23 bits per heavy atom. The zero-order valence-corrected chi connectivity index (χ0v) is 19.2. The summed E-state index contributed by atoms with van der Waals surface area (Å²) in [5, 5.41) is 11.2. The molecule has 10 nitrogen and oxygen atoms in total. The first-order valence-electron chi connectivity index (χ1n) is 10.4. The molecule has 1 unspecified atom stereocenters. The van der Waals surface area contributed by atoms with Crippen molar-refractivity contribution in [3.63, 3.8) is 0 Å². The van der Waals surface area contributed by atoms with Crippen molar-refractivity contribution in [3.8, 4) is 5.75 Å². The van der Waals surface area contributed by atoms with Gasteiger partial charge in [0.2, 0.25) is 5.91 Å². The van der Waals surface area contributed by atoms with Gasteiger partial charge in [-0.2, -0.15) is 0 Å². The van der Waals surface area contributed by atoms with Crippen LogP contribution in [-0.4, -0.2) is 45.7 Å². The lowest BCUT2D eigenvalue weighted by Gasteiger charge is -2.28. The molecule has 1 atom stereocenters. The molecule has 1 saturated heterocycles. The molecule has 0 spiro atoms. The summed E-state index contributed by atoms with van der Waals surface area (Å²) in [4.78, 5) is 56.7. The van der Waals surface area contributed by atoms with Crippen LogP contribution in [0.4, 0.5) is 11.4 Å². The van der Waals surface area contributed by atoms with Crippen molar-refractivity contribution in [1.29, 1.82) is 0 Å². The average molecular weight is 495 g/mol. The molecule has 3 amide bonds. The molecule has 2 heterocycles. The maximum Gasteiger partial charge on any atom is 0.288 e. The minimum absolute atomic E-state index is 0.0341. The molecule has 178 valence electrons. The summed E-state index contributed by atoms with van der Waals surface area (Å²) in [5.41, 5.74) is 0.493. The van der Waals surface area contributed by atoms with Crippen LogP contribution in [-0.2, 0) is 16.1 Å². The highest BCUT2D eigenvalue weighted by atomic mass is 35.5. The molecule has 35 heavy (non-hydrogen) atoms. The van der Waals surface area contributed by atoms with Crippen LogP contribution in [0.3, 0.4) is 0 Å². The first-order valence-corrected chi connectivity index (χ1v) is 10.8. The van der Waals surface area contributed by atoms with E-state index in [1.54, 1.807) is 42.6 Å². The molecule has 3 aromatic rings. The lowest BCUT2D eigenvalue weighted by Crippen LogP contribution is -2.45. The number of hydrogen-bond acceptors (Lipinski definition) is 7. The van der Waals surface area contributed by atoms with Crippen LogP contribution >= 0.6 is 11.6 Å². The number of hydrogen-bond donors (Lipinski definition) is 0. The van der Waals surface area contributed by atoms with Crippen LogP contribution in [0.1, 0.15) is 22.3 Å². The molecular formula is C24H19ClN4O6. The normalized spacial score (nSPS) is 15.3. The highest BCUT2D eigenvalue weighted by Crippen LogP contribution is 2.30. The van der Waals surface area contributed by atoms with Crippen LogP contribution < -0.4 is 9.64 Å². The molecule has 0 bridgehead atoms. The van der Waals surface area contributed by atoms with Gasteiger partial charge in [-0.25, -0.2) is 4.90 Å². The lowest BCUT2D eigenvalue weighted by molar-refractivity contribution is -0.384. The van der Waals surface area contributed by atoms with Crippen LogP contribution in [0, 0.1) is 10.1 Å². The maximum absolute atomic E-state index is 13.5. The summed E-state index contributed by atoms with van der Waals surface area (Å²) >= 11 is 5.89. The molecule has 0 aliphatic carbocycles. The fraction of sp³-hybridized carbons (Fsp3) is 0.167. The van der Waals surface area contributed by atoms with Gasteiger partial charge in [0.15, 0.2) is 0 Å². The van der Waals surface area contributed by atoms with Gasteiger partial charge in [0, 0.05) is 30.6 Å². The third kappa shape index (κ3) is 4.82. The minimum atomic E-state index is -1.12. The van der Waals surface area contributed by atoms with E-state index in [0.717, 1.165) is 11.0 Å². The van der Waals surface area contributed by atoms with Gasteiger partial charge in [-0.05, 0) is 48.0 Å². The Morgan fingerprint density at radius 2 is 1.97 bits per heavy atom. The highest BCUT2D eigenvalue weighted by molar-refractivity contribution is 6.32.